The van der Waals surface area contributed by atoms with Crippen molar-refractivity contribution < 1.29 is 37.4 Å². The molecule has 0 amide bonds. The summed E-state index contributed by atoms with van der Waals surface area (Å²) < 4.78 is 40.5. The van der Waals surface area contributed by atoms with Crippen LogP contribution in [0, 0.1) is 0 Å². The van der Waals surface area contributed by atoms with E-state index < -0.39 is 43.0 Å². The fraction of sp³-hybridized carbons (Fsp3) is 0.417. The van der Waals surface area contributed by atoms with Gasteiger partial charge < -0.3 is 23.3 Å². The monoisotopic (exact) mass is 478 g/mol. The first-order valence-electron chi connectivity index (χ1n) is 10.3. The lowest BCUT2D eigenvalue weighted by Gasteiger charge is -2.32. The van der Waals surface area contributed by atoms with Gasteiger partial charge in [-0.2, -0.15) is 0 Å². The third-order valence-electron chi connectivity index (χ3n) is 4.71. The maximum absolute atomic E-state index is 13.5. The molecule has 9 heteroatoms. The Kier molecular flexibility index (Phi) is 9.37. The van der Waals surface area contributed by atoms with E-state index in [4.69, 9.17) is 23.3 Å². The highest BCUT2D eigenvalue weighted by molar-refractivity contribution is 7.54. The smallest absolute Gasteiger partial charge is 0.371 e. The molecule has 33 heavy (non-hydrogen) atoms. The van der Waals surface area contributed by atoms with Crippen LogP contribution in [0.15, 0.2) is 60.7 Å². The van der Waals surface area contributed by atoms with Crippen LogP contribution in [0.25, 0.3) is 0 Å². The summed E-state index contributed by atoms with van der Waals surface area (Å²) in [5.74, 6) is -4.51. The van der Waals surface area contributed by atoms with Gasteiger partial charge in [-0.3, -0.25) is 9.36 Å². The fourth-order valence-electron chi connectivity index (χ4n) is 3.22. The SMILES string of the molecule is CO[C@H](C(=O)O[C@H]([C@H](C(=O)OC(C)(C)C)c1ccccc1)P(=O)(OC)OC)c1ccccc1. The Balaban J connectivity index is 2.56. The van der Waals surface area contributed by atoms with Crippen LogP contribution in [0.4, 0.5) is 0 Å². The number of methoxy groups -OCH3 is 1. The zero-order valence-corrected chi connectivity index (χ0v) is 20.6. The Bertz CT molecular complexity index is 947. The normalized spacial score (nSPS) is 14.7. The van der Waals surface area contributed by atoms with Gasteiger partial charge in [0.15, 0.2) is 6.10 Å². The highest BCUT2D eigenvalue weighted by Gasteiger charge is 2.49. The Hall–Kier alpha value is -2.51. The van der Waals surface area contributed by atoms with Crippen LogP contribution in [-0.2, 0) is 37.4 Å². The minimum atomic E-state index is -4.13. The lowest BCUT2D eigenvalue weighted by atomic mass is 9.99. The largest absolute Gasteiger partial charge is 0.459 e. The first kappa shape index (κ1) is 26.7. The number of hydrogen-bond acceptors (Lipinski definition) is 8. The Morgan fingerprint density at radius 1 is 0.788 bits per heavy atom. The summed E-state index contributed by atoms with van der Waals surface area (Å²) in [6.07, 6.45) is -1.12. The van der Waals surface area contributed by atoms with E-state index in [2.05, 4.69) is 0 Å². The number of rotatable bonds is 10. The molecule has 2 rings (SSSR count). The fourth-order valence-corrected chi connectivity index (χ4v) is 4.67. The molecule has 2 aromatic carbocycles. The Labute approximate surface area is 194 Å². The number of benzene rings is 2. The van der Waals surface area contributed by atoms with Gasteiger partial charge in [-0.15, -0.1) is 0 Å². The highest BCUT2D eigenvalue weighted by atomic mass is 31.2. The van der Waals surface area contributed by atoms with Gasteiger partial charge in [0, 0.05) is 21.3 Å². The maximum Gasteiger partial charge on any atom is 0.371 e. The second kappa shape index (κ2) is 11.6. The Morgan fingerprint density at radius 3 is 1.70 bits per heavy atom. The van der Waals surface area contributed by atoms with Crippen LogP contribution in [0.1, 0.15) is 43.9 Å². The van der Waals surface area contributed by atoms with E-state index in [9.17, 15) is 14.2 Å². The second-order valence-corrected chi connectivity index (χ2v) is 10.5. The molecular formula is C24H31O8P. The molecule has 2 aromatic rings. The van der Waals surface area contributed by atoms with Gasteiger partial charge in [-0.25, -0.2) is 4.79 Å². The quantitative estimate of drug-likeness (QED) is 0.353. The first-order chi connectivity index (χ1) is 15.6. The molecule has 0 radical (unpaired) electrons. The van der Waals surface area contributed by atoms with E-state index in [0.29, 0.717) is 11.1 Å². The molecule has 0 spiro atoms. The second-order valence-electron chi connectivity index (χ2n) is 8.18. The summed E-state index contributed by atoms with van der Waals surface area (Å²) in [4.78, 5) is 26.5. The van der Waals surface area contributed by atoms with Gasteiger partial charge in [0.25, 0.3) is 0 Å². The average molecular weight is 478 g/mol. The van der Waals surface area contributed by atoms with Crippen molar-refractivity contribution >= 4 is 19.5 Å². The Morgan fingerprint density at radius 2 is 1.27 bits per heavy atom. The highest BCUT2D eigenvalue weighted by Crippen LogP contribution is 2.57. The van der Waals surface area contributed by atoms with Gasteiger partial charge in [0.05, 0.1) is 0 Å². The third kappa shape index (κ3) is 6.98. The first-order valence-corrected chi connectivity index (χ1v) is 11.9. The third-order valence-corrected chi connectivity index (χ3v) is 6.76. The molecule has 0 fully saturated rings. The van der Waals surface area contributed by atoms with Crippen molar-refractivity contribution in [1.29, 1.82) is 0 Å². The minimum Gasteiger partial charge on any atom is -0.459 e. The summed E-state index contributed by atoms with van der Waals surface area (Å²) in [7, 11) is -0.457. The lowest BCUT2D eigenvalue weighted by Crippen LogP contribution is -2.37. The molecule has 0 aromatic heterocycles. The molecule has 0 aliphatic heterocycles. The van der Waals surface area contributed by atoms with E-state index >= 15 is 0 Å². The summed E-state index contributed by atoms with van der Waals surface area (Å²) in [6, 6.07) is 17.1. The van der Waals surface area contributed by atoms with E-state index in [-0.39, 0.29) is 0 Å². The molecule has 0 saturated carbocycles. The number of ether oxygens (including phenoxy) is 3. The van der Waals surface area contributed by atoms with Crippen LogP contribution in [0.5, 0.6) is 0 Å². The van der Waals surface area contributed by atoms with Crippen molar-refractivity contribution in [2.45, 2.75) is 44.2 Å². The van der Waals surface area contributed by atoms with Crippen LogP contribution in [-0.4, -0.2) is 44.7 Å². The maximum atomic E-state index is 13.5. The van der Waals surface area contributed by atoms with Crippen molar-refractivity contribution in [1.82, 2.24) is 0 Å². The molecule has 0 N–H and O–H groups in total. The molecule has 8 nitrogen and oxygen atoms in total. The minimum absolute atomic E-state index is 0.424. The van der Waals surface area contributed by atoms with Gasteiger partial charge in [0.1, 0.15) is 11.5 Å². The standard InChI is InChI=1S/C24H31O8P/c1-24(2,3)32-21(25)19(17-13-9-7-10-14-17)23(33(27,29-5)30-6)31-22(26)20(28-4)18-15-11-8-12-16-18/h7-16,19-20,23H,1-6H3/t19-,20-,23-/m0/s1. The molecule has 3 atom stereocenters. The van der Waals surface area contributed by atoms with Gasteiger partial charge in [-0.05, 0) is 31.9 Å². The summed E-state index contributed by atoms with van der Waals surface area (Å²) >= 11 is 0. The van der Waals surface area contributed by atoms with Crippen molar-refractivity contribution in [2.24, 2.45) is 0 Å². The van der Waals surface area contributed by atoms with Crippen LogP contribution in [0.3, 0.4) is 0 Å². The number of carbonyl (C=O) groups is 2. The van der Waals surface area contributed by atoms with Crippen molar-refractivity contribution in [3.63, 3.8) is 0 Å². The average Bonchev–Trinajstić information content (AvgIpc) is 2.79. The van der Waals surface area contributed by atoms with Crippen molar-refractivity contribution in [3.05, 3.63) is 71.8 Å². The summed E-state index contributed by atoms with van der Waals surface area (Å²) in [6.45, 7) is 5.11. The van der Waals surface area contributed by atoms with Crippen molar-refractivity contribution in [3.8, 4) is 0 Å². The van der Waals surface area contributed by atoms with E-state index in [1.54, 1.807) is 81.4 Å². The van der Waals surface area contributed by atoms with Crippen LogP contribution in [0.2, 0.25) is 0 Å². The predicted molar refractivity (Wildman–Crippen MR) is 123 cm³/mol. The van der Waals surface area contributed by atoms with Gasteiger partial charge in [-0.1, -0.05) is 60.7 Å². The number of esters is 2. The summed E-state index contributed by atoms with van der Waals surface area (Å²) in [5.41, 5.74) is 0.108. The zero-order chi connectivity index (χ0) is 24.6. The molecule has 0 saturated heterocycles. The zero-order valence-electron chi connectivity index (χ0n) is 19.7. The van der Waals surface area contributed by atoms with Crippen LogP contribution < -0.4 is 0 Å². The van der Waals surface area contributed by atoms with Crippen molar-refractivity contribution in [2.75, 3.05) is 21.3 Å². The molecule has 0 bridgehead atoms. The lowest BCUT2D eigenvalue weighted by molar-refractivity contribution is -0.166. The topological polar surface area (TPSA) is 97.4 Å². The predicted octanol–water partition coefficient (Wildman–Crippen LogP) is 4.85. The molecule has 0 heterocycles. The van der Waals surface area contributed by atoms with E-state index in [1.165, 1.54) is 7.11 Å². The van der Waals surface area contributed by atoms with Crippen LogP contribution >= 0.6 is 7.60 Å². The van der Waals surface area contributed by atoms with E-state index in [0.717, 1.165) is 14.2 Å². The molecule has 180 valence electrons. The number of hydrogen-bond donors (Lipinski definition) is 0. The van der Waals surface area contributed by atoms with E-state index in [1.807, 2.05) is 0 Å². The molecule has 0 unspecified atom stereocenters. The summed E-state index contributed by atoms with van der Waals surface area (Å²) in [5, 5.41) is 0. The molecule has 0 aliphatic rings. The van der Waals surface area contributed by atoms with Gasteiger partial charge in [0.2, 0.25) is 5.85 Å². The number of carbonyl (C=O) groups excluding carboxylic acids is 2. The molecule has 0 aliphatic carbocycles. The van der Waals surface area contributed by atoms with Gasteiger partial charge >= 0.3 is 19.5 Å². The molecular weight excluding hydrogens is 447 g/mol.